The van der Waals surface area contributed by atoms with Crippen molar-refractivity contribution in [2.45, 2.75) is 31.3 Å². The number of benzene rings is 2. The molecule has 2 aromatic carbocycles. The number of urea groups is 1. The predicted molar refractivity (Wildman–Crippen MR) is 115 cm³/mol. The summed E-state index contributed by atoms with van der Waals surface area (Å²) in [6.45, 7) is 3.96. The topological polar surface area (TPSA) is 65.0 Å². The monoisotopic (exact) mass is 426 g/mol. The second-order valence-corrected chi connectivity index (χ2v) is 8.49. The van der Waals surface area contributed by atoms with Crippen LogP contribution in [0.1, 0.15) is 18.1 Å². The number of amidine groups is 1. The Bertz CT molecular complexity index is 951. The number of carbonyl (C=O) groups is 2. The predicted octanol–water partition coefficient (Wildman–Crippen LogP) is 3.24. The molecule has 2 heterocycles. The summed E-state index contributed by atoms with van der Waals surface area (Å²) in [7, 11) is 0. The van der Waals surface area contributed by atoms with Crippen molar-refractivity contribution in [3.63, 3.8) is 0 Å². The summed E-state index contributed by atoms with van der Waals surface area (Å²) in [6.07, 6.45) is 0. The minimum atomic E-state index is -0.392. The molecule has 0 aromatic heterocycles. The van der Waals surface area contributed by atoms with Crippen LogP contribution in [-0.4, -0.2) is 51.3 Å². The molecule has 0 spiro atoms. The molecule has 2 atom stereocenters. The lowest BCUT2D eigenvalue weighted by atomic mass is 10.2. The standard InChI is InChI=1S/C22H23FN4O2S/c1-15-19(20(28)24-13-16-7-9-18(23)10-8-16)30-21(25-15)27-12-11-26(22(27)29)14-17-5-3-2-4-6-17/h2-10,15,19H,11-14H2,1H3,(H,24,28). The van der Waals surface area contributed by atoms with Crippen molar-refractivity contribution >= 4 is 28.9 Å². The lowest BCUT2D eigenvalue weighted by Crippen LogP contribution is -2.37. The summed E-state index contributed by atoms with van der Waals surface area (Å²) in [5.74, 6) is -0.442. The van der Waals surface area contributed by atoms with E-state index in [0.29, 0.717) is 31.3 Å². The van der Waals surface area contributed by atoms with Crippen LogP contribution in [0.3, 0.4) is 0 Å². The molecule has 2 aliphatic rings. The highest BCUT2D eigenvalue weighted by molar-refractivity contribution is 8.15. The fourth-order valence-corrected chi connectivity index (χ4v) is 4.69. The van der Waals surface area contributed by atoms with Crippen molar-refractivity contribution in [1.82, 2.24) is 15.1 Å². The number of nitrogens with zero attached hydrogens (tertiary/aromatic N) is 3. The molecule has 0 saturated carbocycles. The third-order valence-electron chi connectivity index (χ3n) is 5.17. The van der Waals surface area contributed by atoms with Crippen molar-refractivity contribution in [3.05, 3.63) is 71.5 Å². The molecular formula is C22H23FN4O2S. The van der Waals surface area contributed by atoms with Crippen molar-refractivity contribution in [2.75, 3.05) is 13.1 Å². The molecule has 0 bridgehead atoms. The van der Waals surface area contributed by atoms with E-state index in [9.17, 15) is 14.0 Å². The number of aliphatic imine (C=N–C) groups is 1. The Morgan fingerprint density at radius 3 is 2.60 bits per heavy atom. The summed E-state index contributed by atoms with van der Waals surface area (Å²) >= 11 is 1.33. The Labute approximate surface area is 179 Å². The maximum absolute atomic E-state index is 13.0. The van der Waals surface area contributed by atoms with E-state index >= 15 is 0 Å². The van der Waals surface area contributed by atoms with Crippen LogP contribution in [0.25, 0.3) is 0 Å². The highest BCUT2D eigenvalue weighted by atomic mass is 32.2. The molecular weight excluding hydrogens is 403 g/mol. The molecule has 1 fully saturated rings. The Balaban J connectivity index is 1.33. The van der Waals surface area contributed by atoms with E-state index < -0.39 is 5.25 Å². The van der Waals surface area contributed by atoms with Gasteiger partial charge >= 0.3 is 6.03 Å². The van der Waals surface area contributed by atoms with Crippen molar-refractivity contribution in [1.29, 1.82) is 0 Å². The molecule has 4 rings (SSSR count). The first-order valence-corrected chi connectivity index (χ1v) is 10.8. The number of hydrogen-bond donors (Lipinski definition) is 1. The molecule has 0 aliphatic carbocycles. The van der Waals surface area contributed by atoms with Gasteiger partial charge in [0.1, 0.15) is 11.1 Å². The van der Waals surface area contributed by atoms with Crippen LogP contribution in [0.15, 0.2) is 59.6 Å². The van der Waals surface area contributed by atoms with Gasteiger partial charge in [-0.3, -0.25) is 14.7 Å². The Morgan fingerprint density at radius 2 is 1.87 bits per heavy atom. The van der Waals surface area contributed by atoms with Gasteiger partial charge in [-0.15, -0.1) is 0 Å². The first kappa shape index (κ1) is 20.4. The minimum Gasteiger partial charge on any atom is -0.351 e. The molecule has 1 N–H and O–H groups in total. The second-order valence-electron chi connectivity index (χ2n) is 7.38. The van der Waals surface area contributed by atoms with E-state index in [1.54, 1.807) is 21.9 Å². The number of thioether (sulfide) groups is 1. The van der Waals surface area contributed by atoms with E-state index in [4.69, 9.17) is 0 Å². The lowest BCUT2D eigenvalue weighted by molar-refractivity contribution is -0.120. The van der Waals surface area contributed by atoms with Gasteiger partial charge in [0.05, 0.1) is 6.04 Å². The van der Waals surface area contributed by atoms with Crippen LogP contribution in [-0.2, 0) is 17.9 Å². The second kappa shape index (κ2) is 8.87. The Kier molecular flexibility index (Phi) is 6.03. The molecule has 156 valence electrons. The van der Waals surface area contributed by atoms with Gasteiger partial charge in [-0.25, -0.2) is 9.18 Å². The average molecular weight is 427 g/mol. The van der Waals surface area contributed by atoms with Crippen LogP contribution >= 0.6 is 11.8 Å². The van der Waals surface area contributed by atoms with Gasteiger partial charge in [0.15, 0.2) is 5.17 Å². The molecule has 30 heavy (non-hydrogen) atoms. The van der Waals surface area contributed by atoms with E-state index in [1.807, 2.05) is 37.3 Å². The quantitative estimate of drug-likeness (QED) is 0.798. The fraction of sp³-hybridized carbons (Fsp3) is 0.318. The molecule has 3 amide bonds. The highest BCUT2D eigenvalue weighted by Crippen LogP contribution is 2.31. The number of hydrogen-bond acceptors (Lipinski definition) is 4. The van der Waals surface area contributed by atoms with Crippen molar-refractivity contribution < 1.29 is 14.0 Å². The fourth-order valence-electron chi connectivity index (χ4n) is 3.49. The van der Waals surface area contributed by atoms with Crippen LogP contribution in [0, 0.1) is 5.82 Å². The average Bonchev–Trinajstić information content (AvgIpc) is 3.31. The third-order valence-corrected chi connectivity index (χ3v) is 6.56. The van der Waals surface area contributed by atoms with Crippen LogP contribution < -0.4 is 5.32 Å². The summed E-state index contributed by atoms with van der Waals surface area (Å²) in [4.78, 5) is 33.5. The van der Waals surface area contributed by atoms with Crippen LogP contribution in [0.4, 0.5) is 9.18 Å². The number of nitrogens with one attached hydrogen (secondary N) is 1. The number of halogens is 1. The van der Waals surface area contributed by atoms with E-state index in [-0.39, 0.29) is 23.8 Å². The number of rotatable bonds is 5. The van der Waals surface area contributed by atoms with Gasteiger partial charge in [-0.2, -0.15) is 0 Å². The van der Waals surface area contributed by atoms with Crippen LogP contribution in [0.5, 0.6) is 0 Å². The van der Waals surface area contributed by atoms with Gasteiger partial charge < -0.3 is 10.2 Å². The Hall–Kier alpha value is -2.87. The molecule has 2 unspecified atom stereocenters. The maximum Gasteiger partial charge on any atom is 0.326 e. The van der Waals surface area contributed by atoms with Gasteiger partial charge in [0, 0.05) is 26.2 Å². The number of carbonyl (C=O) groups excluding carboxylic acids is 2. The first-order chi connectivity index (χ1) is 14.5. The molecule has 0 radical (unpaired) electrons. The summed E-state index contributed by atoms with van der Waals surface area (Å²) < 4.78 is 13.0. The third kappa shape index (κ3) is 4.48. The molecule has 1 saturated heterocycles. The highest BCUT2D eigenvalue weighted by Gasteiger charge is 2.40. The molecule has 6 nitrogen and oxygen atoms in total. The Morgan fingerprint density at radius 1 is 1.13 bits per heavy atom. The first-order valence-electron chi connectivity index (χ1n) is 9.88. The van der Waals surface area contributed by atoms with Gasteiger partial charge in [-0.05, 0) is 30.2 Å². The molecule has 2 aliphatic heterocycles. The summed E-state index contributed by atoms with van der Waals surface area (Å²) in [5, 5.41) is 3.09. The maximum atomic E-state index is 13.0. The number of amides is 3. The SMILES string of the molecule is CC1N=C(N2CCN(Cc3ccccc3)C2=O)SC1C(=O)NCc1ccc(F)cc1. The van der Waals surface area contributed by atoms with E-state index in [0.717, 1.165) is 11.1 Å². The van der Waals surface area contributed by atoms with E-state index in [2.05, 4.69) is 10.3 Å². The lowest BCUT2D eigenvalue weighted by Gasteiger charge is -2.18. The van der Waals surface area contributed by atoms with Gasteiger partial charge in [0.2, 0.25) is 5.91 Å². The zero-order chi connectivity index (χ0) is 21.1. The van der Waals surface area contributed by atoms with Crippen molar-refractivity contribution in [3.8, 4) is 0 Å². The zero-order valence-electron chi connectivity index (χ0n) is 16.6. The molecule has 8 heteroatoms. The van der Waals surface area contributed by atoms with Gasteiger partial charge in [-0.1, -0.05) is 54.2 Å². The summed E-state index contributed by atoms with van der Waals surface area (Å²) in [6, 6.07) is 15.6. The minimum absolute atomic E-state index is 0.0790. The summed E-state index contributed by atoms with van der Waals surface area (Å²) in [5.41, 5.74) is 1.91. The normalized spacial score (nSPS) is 21.1. The zero-order valence-corrected chi connectivity index (χ0v) is 17.4. The van der Waals surface area contributed by atoms with Gasteiger partial charge in [0.25, 0.3) is 0 Å². The smallest absolute Gasteiger partial charge is 0.326 e. The van der Waals surface area contributed by atoms with Crippen molar-refractivity contribution in [2.24, 2.45) is 4.99 Å². The van der Waals surface area contributed by atoms with E-state index in [1.165, 1.54) is 23.9 Å². The van der Waals surface area contributed by atoms with Crippen LogP contribution in [0.2, 0.25) is 0 Å². The largest absolute Gasteiger partial charge is 0.351 e. The molecule has 2 aromatic rings.